The smallest absolute Gasteiger partial charge is 0.164 e. The van der Waals surface area contributed by atoms with Crippen LogP contribution in [0.4, 0.5) is 51.2 Å². The zero-order valence-electron chi connectivity index (χ0n) is 36.9. The fraction of sp³-hybridized carbons (Fsp3) is 0. The maximum atomic E-state index is 6.21. The molecule has 324 valence electrons. The third-order valence-corrected chi connectivity index (χ3v) is 14.3. The molecular formula is C61H38N6OS. The first kappa shape index (κ1) is 39.2. The van der Waals surface area contributed by atoms with Crippen LogP contribution in [0.1, 0.15) is 0 Å². The van der Waals surface area contributed by atoms with E-state index in [9.17, 15) is 0 Å². The molecule has 0 aliphatic carbocycles. The highest BCUT2D eigenvalue weighted by molar-refractivity contribution is 7.99. The lowest BCUT2D eigenvalue weighted by molar-refractivity contribution is 0.669. The maximum absolute atomic E-state index is 6.21. The number of hydrogen-bond acceptors (Lipinski definition) is 8. The predicted octanol–water partition coefficient (Wildman–Crippen LogP) is 17.1. The molecule has 8 heteroatoms. The molecule has 0 saturated carbocycles. The summed E-state index contributed by atoms with van der Waals surface area (Å²) in [5.74, 6) is 1.79. The van der Waals surface area contributed by atoms with Gasteiger partial charge in [-0.3, -0.25) is 0 Å². The number of fused-ring (bicyclic) bond motifs is 8. The van der Waals surface area contributed by atoms with E-state index in [1.807, 2.05) is 72.4 Å². The summed E-state index contributed by atoms with van der Waals surface area (Å²) in [5, 5.41) is 4.17. The molecule has 10 aromatic carbocycles. The van der Waals surface area contributed by atoms with Gasteiger partial charge in [-0.2, -0.15) is 0 Å². The van der Waals surface area contributed by atoms with E-state index >= 15 is 0 Å². The molecule has 7 nitrogen and oxygen atoms in total. The molecule has 0 radical (unpaired) electrons. The van der Waals surface area contributed by atoms with Crippen LogP contribution in [-0.2, 0) is 0 Å². The van der Waals surface area contributed by atoms with E-state index in [0.29, 0.717) is 17.5 Å². The highest BCUT2D eigenvalue weighted by Crippen LogP contribution is 2.58. The molecule has 0 atom stereocenters. The van der Waals surface area contributed by atoms with Crippen LogP contribution in [0.3, 0.4) is 0 Å². The SMILES string of the molecule is c1ccc(-c2nc(-c3ccc4oc5ccccc5c4c3)nc(-c3ccc(N4c5ccccc5N(c5ccccc5)c5cc(N6c7ccccc7Sc7ccccc76)ccc54)c4ccccc34)n2)cc1. The number of hydrogen-bond donors (Lipinski definition) is 0. The van der Waals surface area contributed by atoms with Crippen LogP contribution in [0.2, 0.25) is 0 Å². The number of benzene rings is 10. The van der Waals surface area contributed by atoms with Gasteiger partial charge in [-0.25, -0.2) is 15.0 Å². The lowest BCUT2D eigenvalue weighted by Crippen LogP contribution is -2.25. The minimum Gasteiger partial charge on any atom is -0.456 e. The Morgan fingerprint density at radius 2 is 0.841 bits per heavy atom. The summed E-state index contributed by atoms with van der Waals surface area (Å²) < 4.78 is 6.21. The largest absolute Gasteiger partial charge is 0.456 e. The second-order valence-electron chi connectivity index (χ2n) is 17.2. The molecule has 0 spiro atoms. The Morgan fingerprint density at radius 1 is 0.304 bits per heavy atom. The zero-order valence-corrected chi connectivity index (χ0v) is 37.8. The third kappa shape index (κ3) is 6.41. The number of aromatic nitrogens is 3. The molecule has 2 aromatic heterocycles. The van der Waals surface area contributed by atoms with E-state index in [1.54, 1.807) is 0 Å². The van der Waals surface area contributed by atoms with Crippen molar-refractivity contribution >= 4 is 95.7 Å². The molecule has 69 heavy (non-hydrogen) atoms. The Morgan fingerprint density at radius 3 is 1.59 bits per heavy atom. The van der Waals surface area contributed by atoms with Crippen molar-refractivity contribution in [3.05, 3.63) is 231 Å². The summed E-state index contributed by atoms with van der Waals surface area (Å²) in [7, 11) is 0. The van der Waals surface area contributed by atoms with Gasteiger partial charge in [-0.1, -0.05) is 139 Å². The lowest BCUT2D eigenvalue weighted by Gasteiger charge is -2.41. The molecule has 0 unspecified atom stereocenters. The summed E-state index contributed by atoms with van der Waals surface area (Å²) in [4.78, 5) is 25.3. The van der Waals surface area contributed by atoms with Crippen molar-refractivity contribution in [1.29, 1.82) is 0 Å². The Balaban J connectivity index is 0.962. The molecule has 0 amide bonds. The van der Waals surface area contributed by atoms with Gasteiger partial charge in [0.05, 0.1) is 39.8 Å². The first-order valence-electron chi connectivity index (χ1n) is 23.0. The molecule has 4 heterocycles. The first-order valence-corrected chi connectivity index (χ1v) is 23.8. The van der Waals surface area contributed by atoms with E-state index in [0.717, 1.165) is 101 Å². The molecule has 12 aromatic rings. The van der Waals surface area contributed by atoms with Crippen molar-refractivity contribution in [2.24, 2.45) is 0 Å². The number of anilines is 9. The molecule has 2 aliphatic heterocycles. The van der Waals surface area contributed by atoms with Crippen molar-refractivity contribution in [2.75, 3.05) is 14.7 Å². The molecule has 0 saturated heterocycles. The predicted molar refractivity (Wildman–Crippen MR) is 283 cm³/mol. The second kappa shape index (κ2) is 15.8. The number of rotatable bonds is 6. The van der Waals surface area contributed by atoms with Crippen molar-refractivity contribution in [3.63, 3.8) is 0 Å². The summed E-state index contributed by atoms with van der Waals surface area (Å²) in [5.41, 5.74) is 14.2. The number of furan rings is 1. The van der Waals surface area contributed by atoms with Crippen LogP contribution >= 0.6 is 11.8 Å². The third-order valence-electron chi connectivity index (χ3n) is 13.2. The van der Waals surface area contributed by atoms with E-state index in [-0.39, 0.29) is 0 Å². The van der Waals surface area contributed by atoms with E-state index in [2.05, 4.69) is 185 Å². The van der Waals surface area contributed by atoms with Gasteiger partial charge in [-0.15, -0.1) is 0 Å². The van der Waals surface area contributed by atoms with E-state index in [4.69, 9.17) is 19.4 Å². The first-order chi connectivity index (χ1) is 34.2. The van der Waals surface area contributed by atoms with Crippen molar-refractivity contribution in [3.8, 4) is 34.2 Å². The Bertz CT molecular complexity index is 3940. The minimum atomic E-state index is 0.590. The van der Waals surface area contributed by atoms with Crippen LogP contribution < -0.4 is 14.7 Å². The Hall–Kier alpha value is -8.98. The number of para-hydroxylation sites is 6. The highest BCUT2D eigenvalue weighted by Gasteiger charge is 2.34. The summed E-state index contributed by atoms with van der Waals surface area (Å²) in [6, 6.07) is 81.2. The minimum absolute atomic E-state index is 0.590. The lowest BCUT2D eigenvalue weighted by atomic mass is 9.98. The highest BCUT2D eigenvalue weighted by atomic mass is 32.2. The topological polar surface area (TPSA) is 61.5 Å². The normalized spacial score (nSPS) is 12.8. The number of nitrogens with zero attached hydrogens (tertiary/aromatic N) is 6. The van der Waals surface area contributed by atoms with Crippen LogP contribution in [-0.4, -0.2) is 15.0 Å². The fourth-order valence-corrected chi connectivity index (χ4v) is 11.2. The van der Waals surface area contributed by atoms with Gasteiger partial charge in [0.15, 0.2) is 17.5 Å². The van der Waals surface area contributed by atoms with Gasteiger partial charge in [0, 0.05) is 54.0 Å². The molecule has 2 aliphatic rings. The molecular weight excluding hydrogens is 865 g/mol. The Kier molecular flexibility index (Phi) is 9.00. The fourth-order valence-electron chi connectivity index (χ4n) is 10.1. The maximum Gasteiger partial charge on any atom is 0.164 e. The molecule has 0 N–H and O–H groups in total. The van der Waals surface area contributed by atoms with E-state index in [1.165, 1.54) is 9.79 Å². The van der Waals surface area contributed by atoms with E-state index < -0.39 is 0 Å². The van der Waals surface area contributed by atoms with Gasteiger partial charge in [0.25, 0.3) is 0 Å². The zero-order chi connectivity index (χ0) is 45.4. The quantitative estimate of drug-likeness (QED) is 0.164. The average molecular weight is 903 g/mol. The average Bonchev–Trinajstić information content (AvgIpc) is 3.80. The summed E-state index contributed by atoms with van der Waals surface area (Å²) in [6.45, 7) is 0. The van der Waals surface area contributed by atoms with Crippen molar-refractivity contribution in [1.82, 2.24) is 15.0 Å². The van der Waals surface area contributed by atoms with Crippen molar-refractivity contribution < 1.29 is 4.42 Å². The molecule has 0 bridgehead atoms. The van der Waals surface area contributed by atoms with Gasteiger partial charge < -0.3 is 19.1 Å². The molecule has 0 fully saturated rings. The summed E-state index contributed by atoms with van der Waals surface area (Å²) >= 11 is 1.82. The standard InChI is InChI=1S/C61H38N6OS/c1-3-17-39(18-4-1)59-62-60(40-31-36-56-47(37-40)45-23-9-14-28-55(45)68-56)64-61(63-59)46-33-35-48(44-22-8-7-21-43(44)46)67-50-25-11-10-24-49(50)65(41-19-5-2-6-20-41)54-38-42(32-34-51(54)67)66-52-26-12-15-29-57(52)69-58-30-16-13-27-53(58)66/h1-38H. The van der Waals surface area contributed by atoms with Gasteiger partial charge in [0.1, 0.15) is 11.2 Å². The van der Waals surface area contributed by atoms with Gasteiger partial charge >= 0.3 is 0 Å². The monoisotopic (exact) mass is 902 g/mol. The van der Waals surface area contributed by atoms with Crippen LogP contribution in [0.25, 0.3) is 66.9 Å². The Labute approximate surface area is 402 Å². The summed E-state index contributed by atoms with van der Waals surface area (Å²) in [6.07, 6.45) is 0. The molecule has 14 rings (SSSR count). The van der Waals surface area contributed by atoms with Gasteiger partial charge in [-0.05, 0) is 109 Å². The van der Waals surface area contributed by atoms with Crippen LogP contribution in [0, 0.1) is 0 Å². The second-order valence-corrected chi connectivity index (χ2v) is 18.3. The van der Waals surface area contributed by atoms with Crippen LogP contribution in [0.5, 0.6) is 0 Å². The van der Waals surface area contributed by atoms with Gasteiger partial charge in [0.2, 0.25) is 0 Å². The van der Waals surface area contributed by atoms with Crippen molar-refractivity contribution in [2.45, 2.75) is 9.79 Å². The van der Waals surface area contributed by atoms with Crippen LogP contribution in [0.15, 0.2) is 245 Å².